The number of pyridine rings is 1. The molecule has 1 aromatic heterocycles. The van der Waals surface area contributed by atoms with Gasteiger partial charge in [-0.2, -0.15) is 0 Å². The Hall–Kier alpha value is -1.41. The van der Waals surface area contributed by atoms with Gasteiger partial charge in [0.05, 0.1) is 11.6 Å². The van der Waals surface area contributed by atoms with E-state index in [2.05, 4.69) is 4.98 Å². The maximum atomic E-state index is 10.3. The number of hydrogen-bond acceptors (Lipinski definition) is 2. The van der Waals surface area contributed by atoms with Gasteiger partial charge in [-0.15, -0.1) is 0 Å². The van der Waals surface area contributed by atoms with Crippen molar-refractivity contribution in [1.82, 2.24) is 4.98 Å². The first kappa shape index (κ1) is 11.1. The van der Waals surface area contributed by atoms with Crippen molar-refractivity contribution in [3.63, 3.8) is 0 Å². The first-order chi connectivity index (χ1) is 7.50. The van der Waals surface area contributed by atoms with Gasteiger partial charge in [0.2, 0.25) is 0 Å². The average Bonchev–Trinajstić information content (AvgIpc) is 2.26. The molecular formula is C14H17NO. The summed E-state index contributed by atoms with van der Waals surface area (Å²) in [6.07, 6.45) is 1.30. The second kappa shape index (κ2) is 3.87. The average molecular weight is 215 g/mol. The summed E-state index contributed by atoms with van der Waals surface area (Å²) in [5, 5.41) is 11.4. The Bertz CT molecular complexity index is 494. The molecule has 84 valence electrons. The van der Waals surface area contributed by atoms with Crippen molar-refractivity contribution in [2.45, 2.75) is 26.9 Å². The quantitative estimate of drug-likeness (QED) is 0.791. The normalized spacial score (nSPS) is 14.0. The lowest BCUT2D eigenvalue weighted by Gasteiger charge is -2.27. The lowest BCUT2D eigenvalue weighted by atomic mass is 9.83. The van der Waals surface area contributed by atoms with Crippen LogP contribution < -0.4 is 0 Å². The van der Waals surface area contributed by atoms with Gasteiger partial charge in [0, 0.05) is 11.6 Å². The fourth-order valence-corrected chi connectivity index (χ4v) is 1.83. The summed E-state index contributed by atoms with van der Waals surface area (Å²) in [5.74, 6) is 0. The van der Waals surface area contributed by atoms with Crippen molar-refractivity contribution >= 4 is 10.9 Å². The van der Waals surface area contributed by atoms with E-state index in [4.69, 9.17) is 0 Å². The van der Waals surface area contributed by atoms with E-state index < -0.39 is 6.10 Å². The molecule has 0 saturated carbocycles. The lowest BCUT2D eigenvalue weighted by Crippen LogP contribution is -2.18. The van der Waals surface area contributed by atoms with E-state index in [1.54, 1.807) is 6.20 Å². The molecule has 0 amide bonds. The fourth-order valence-electron chi connectivity index (χ4n) is 1.83. The number of hydrogen-bond donors (Lipinski definition) is 1. The summed E-state index contributed by atoms with van der Waals surface area (Å²) in [5.41, 5.74) is 1.73. The van der Waals surface area contributed by atoms with E-state index in [0.717, 1.165) is 16.5 Å². The molecule has 0 radical (unpaired) electrons. The zero-order chi connectivity index (χ0) is 11.8. The van der Waals surface area contributed by atoms with Crippen molar-refractivity contribution in [2.24, 2.45) is 5.41 Å². The number of aromatic nitrogens is 1. The molecular weight excluding hydrogens is 198 g/mol. The maximum Gasteiger partial charge on any atom is 0.0844 e. The van der Waals surface area contributed by atoms with Crippen LogP contribution >= 0.6 is 0 Å². The Balaban J connectivity index is 2.61. The van der Waals surface area contributed by atoms with Gasteiger partial charge in [-0.3, -0.25) is 4.98 Å². The molecule has 0 saturated heterocycles. The fraction of sp³-hybridized carbons (Fsp3) is 0.357. The molecule has 16 heavy (non-hydrogen) atoms. The van der Waals surface area contributed by atoms with Crippen molar-refractivity contribution in [3.05, 3.63) is 42.1 Å². The summed E-state index contributed by atoms with van der Waals surface area (Å²) >= 11 is 0. The predicted molar refractivity (Wildman–Crippen MR) is 66.2 cm³/mol. The Morgan fingerprint density at radius 1 is 1.12 bits per heavy atom. The minimum absolute atomic E-state index is 0.163. The van der Waals surface area contributed by atoms with E-state index in [1.165, 1.54) is 0 Å². The Morgan fingerprint density at radius 2 is 1.88 bits per heavy atom. The molecule has 1 unspecified atom stereocenters. The number of rotatable bonds is 1. The highest BCUT2D eigenvalue weighted by Gasteiger charge is 2.25. The van der Waals surface area contributed by atoms with E-state index in [0.29, 0.717) is 0 Å². The van der Waals surface area contributed by atoms with Crippen molar-refractivity contribution < 1.29 is 5.11 Å². The monoisotopic (exact) mass is 215 g/mol. The first-order valence-corrected chi connectivity index (χ1v) is 5.52. The molecule has 2 heteroatoms. The summed E-state index contributed by atoms with van der Waals surface area (Å²) in [6.45, 7) is 6.10. The Labute approximate surface area is 96.0 Å². The SMILES string of the molecule is CC(C)(C)C(O)c1cccc2ncccc12. The van der Waals surface area contributed by atoms with Gasteiger partial charge in [-0.25, -0.2) is 0 Å². The molecule has 1 heterocycles. The highest BCUT2D eigenvalue weighted by atomic mass is 16.3. The number of benzene rings is 1. The van der Waals surface area contributed by atoms with Gasteiger partial charge < -0.3 is 5.11 Å². The largest absolute Gasteiger partial charge is 0.388 e. The van der Waals surface area contributed by atoms with Gasteiger partial charge in [-0.05, 0) is 23.1 Å². The molecule has 0 spiro atoms. The number of aliphatic hydroxyl groups is 1. The second-order valence-corrected chi connectivity index (χ2v) is 5.19. The molecule has 2 nitrogen and oxygen atoms in total. The highest BCUT2D eigenvalue weighted by molar-refractivity contribution is 5.82. The van der Waals surface area contributed by atoms with Crippen LogP contribution in [0.15, 0.2) is 36.5 Å². The van der Waals surface area contributed by atoms with Crippen molar-refractivity contribution in [2.75, 3.05) is 0 Å². The van der Waals surface area contributed by atoms with Crippen LogP contribution in [0.25, 0.3) is 10.9 Å². The van der Waals surface area contributed by atoms with Gasteiger partial charge in [-0.1, -0.05) is 39.0 Å². The molecule has 0 bridgehead atoms. The number of aliphatic hydroxyl groups excluding tert-OH is 1. The van der Waals surface area contributed by atoms with Crippen LogP contribution in [-0.2, 0) is 0 Å². The zero-order valence-electron chi connectivity index (χ0n) is 9.94. The van der Waals surface area contributed by atoms with Crippen molar-refractivity contribution in [1.29, 1.82) is 0 Å². The molecule has 2 rings (SSSR count). The maximum absolute atomic E-state index is 10.3. The predicted octanol–water partition coefficient (Wildman–Crippen LogP) is 3.31. The van der Waals surface area contributed by atoms with Gasteiger partial charge in [0.15, 0.2) is 0 Å². The van der Waals surface area contributed by atoms with Crippen LogP contribution in [0.2, 0.25) is 0 Å². The molecule has 2 aromatic rings. The summed E-state index contributed by atoms with van der Waals surface area (Å²) in [4.78, 5) is 4.30. The van der Waals surface area contributed by atoms with Crippen molar-refractivity contribution in [3.8, 4) is 0 Å². The third-order valence-electron chi connectivity index (χ3n) is 2.79. The van der Waals surface area contributed by atoms with E-state index in [-0.39, 0.29) is 5.41 Å². The second-order valence-electron chi connectivity index (χ2n) is 5.19. The third-order valence-corrected chi connectivity index (χ3v) is 2.79. The van der Waals surface area contributed by atoms with Crippen LogP contribution in [0.1, 0.15) is 32.4 Å². The number of nitrogens with zero attached hydrogens (tertiary/aromatic N) is 1. The Morgan fingerprint density at radius 3 is 2.56 bits per heavy atom. The third kappa shape index (κ3) is 1.93. The Kier molecular flexibility index (Phi) is 2.68. The molecule has 1 N–H and O–H groups in total. The topological polar surface area (TPSA) is 33.1 Å². The highest BCUT2D eigenvalue weighted by Crippen LogP contribution is 2.35. The number of fused-ring (bicyclic) bond motifs is 1. The molecule has 0 aliphatic carbocycles. The van der Waals surface area contributed by atoms with E-state index in [1.807, 2.05) is 51.1 Å². The molecule has 1 atom stereocenters. The summed E-state index contributed by atoms with van der Waals surface area (Å²) < 4.78 is 0. The summed E-state index contributed by atoms with van der Waals surface area (Å²) in [6, 6.07) is 9.79. The van der Waals surface area contributed by atoms with Crippen LogP contribution in [0.5, 0.6) is 0 Å². The van der Waals surface area contributed by atoms with Crippen LogP contribution in [0.3, 0.4) is 0 Å². The molecule has 1 aromatic carbocycles. The van der Waals surface area contributed by atoms with Gasteiger partial charge in [0.1, 0.15) is 0 Å². The minimum atomic E-state index is -0.472. The van der Waals surface area contributed by atoms with Crippen LogP contribution in [0.4, 0.5) is 0 Å². The first-order valence-electron chi connectivity index (χ1n) is 5.52. The van der Waals surface area contributed by atoms with Gasteiger partial charge >= 0.3 is 0 Å². The van der Waals surface area contributed by atoms with Gasteiger partial charge in [0.25, 0.3) is 0 Å². The van der Waals surface area contributed by atoms with Crippen LogP contribution in [0, 0.1) is 5.41 Å². The minimum Gasteiger partial charge on any atom is -0.388 e. The molecule has 0 fully saturated rings. The van der Waals surface area contributed by atoms with E-state index >= 15 is 0 Å². The molecule has 0 aliphatic heterocycles. The lowest BCUT2D eigenvalue weighted by molar-refractivity contribution is 0.0639. The molecule has 0 aliphatic rings. The smallest absolute Gasteiger partial charge is 0.0844 e. The summed E-state index contributed by atoms with van der Waals surface area (Å²) in [7, 11) is 0. The standard InChI is InChI=1S/C14H17NO/c1-14(2,3)13(16)11-6-4-8-12-10(11)7-5-9-15-12/h4-9,13,16H,1-3H3. The zero-order valence-corrected chi connectivity index (χ0v) is 9.94. The van der Waals surface area contributed by atoms with E-state index in [9.17, 15) is 5.11 Å². The van der Waals surface area contributed by atoms with Crippen LogP contribution in [-0.4, -0.2) is 10.1 Å².